The molecule has 1 amide bonds. The van der Waals surface area contributed by atoms with Gasteiger partial charge in [0.2, 0.25) is 15.9 Å². The summed E-state index contributed by atoms with van der Waals surface area (Å²) in [5, 5.41) is 2.92. The average Bonchev–Trinajstić information content (AvgIpc) is 2.17. The van der Waals surface area contributed by atoms with Gasteiger partial charge in [-0.1, -0.05) is 0 Å². The Bertz CT molecular complexity index is 301. The molecule has 0 aromatic heterocycles. The Morgan fingerprint density at radius 2 is 2.29 bits per heavy atom. The van der Waals surface area contributed by atoms with Crippen LogP contribution in [0.1, 0.15) is 0 Å². The maximum atomic E-state index is 11.2. The first-order chi connectivity index (χ1) is 6.55. The molecule has 1 aliphatic heterocycles. The predicted octanol–water partition coefficient (Wildman–Crippen LogP) is -2.03. The van der Waals surface area contributed by atoms with Crippen LogP contribution in [0, 0.1) is 0 Å². The van der Waals surface area contributed by atoms with Gasteiger partial charge in [-0.25, -0.2) is 13.1 Å². The molecule has 0 saturated carbocycles. The summed E-state index contributed by atoms with van der Waals surface area (Å²) in [7, 11) is -1.84. The largest absolute Gasteiger partial charge is 0.339 e. The van der Waals surface area contributed by atoms with Gasteiger partial charge in [-0.15, -0.1) is 0 Å². The highest BCUT2D eigenvalue weighted by Crippen LogP contribution is 1.95. The lowest BCUT2D eigenvalue weighted by Crippen LogP contribution is -2.49. The fourth-order valence-corrected chi connectivity index (χ4v) is 1.88. The first-order valence-electron chi connectivity index (χ1n) is 4.45. The first kappa shape index (κ1) is 11.4. The number of piperazine rings is 1. The molecule has 1 fully saturated rings. The Hall–Kier alpha value is -0.660. The molecule has 0 aliphatic carbocycles. The molecule has 0 unspecified atom stereocenters. The summed E-state index contributed by atoms with van der Waals surface area (Å²) in [6, 6.07) is 0. The molecule has 6 nitrogen and oxygen atoms in total. The maximum absolute atomic E-state index is 11.2. The zero-order chi connectivity index (χ0) is 10.6. The van der Waals surface area contributed by atoms with Gasteiger partial charge in [0.15, 0.2) is 0 Å². The minimum absolute atomic E-state index is 0.0325. The second-order valence-corrected chi connectivity index (χ2v) is 5.13. The van der Waals surface area contributed by atoms with Crippen LogP contribution >= 0.6 is 0 Å². The molecule has 0 atom stereocenters. The van der Waals surface area contributed by atoms with Crippen LogP contribution in [0.3, 0.4) is 0 Å². The second-order valence-electron chi connectivity index (χ2n) is 3.08. The summed E-state index contributed by atoms with van der Waals surface area (Å²) in [5.74, 6) is -0.0718. The van der Waals surface area contributed by atoms with E-state index in [1.54, 1.807) is 4.90 Å². The van der Waals surface area contributed by atoms with Gasteiger partial charge in [0.05, 0.1) is 12.3 Å². The van der Waals surface area contributed by atoms with E-state index < -0.39 is 10.0 Å². The summed E-state index contributed by atoms with van der Waals surface area (Å²) in [6.45, 7) is 1.88. The highest BCUT2D eigenvalue weighted by molar-refractivity contribution is 7.89. The molecule has 0 bridgehead atoms. The van der Waals surface area contributed by atoms with Crippen molar-refractivity contribution in [3.8, 4) is 0 Å². The normalized spacial score (nSPS) is 18.6. The summed E-state index contributed by atoms with van der Waals surface area (Å²) < 4.78 is 24.4. The molecule has 1 heterocycles. The molecule has 0 aromatic rings. The van der Waals surface area contributed by atoms with Gasteiger partial charge in [0.25, 0.3) is 0 Å². The lowest BCUT2D eigenvalue weighted by molar-refractivity contribution is -0.131. The molecule has 14 heavy (non-hydrogen) atoms. The fourth-order valence-electron chi connectivity index (χ4n) is 1.21. The molecule has 0 spiro atoms. The molecule has 0 aromatic carbocycles. The van der Waals surface area contributed by atoms with Crippen LogP contribution in [-0.4, -0.2) is 58.2 Å². The van der Waals surface area contributed by atoms with E-state index in [0.29, 0.717) is 13.1 Å². The summed E-state index contributed by atoms with van der Waals surface area (Å²) >= 11 is 0. The van der Waals surface area contributed by atoms with Gasteiger partial charge < -0.3 is 10.2 Å². The van der Waals surface area contributed by atoms with E-state index in [0.717, 1.165) is 6.54 Å². The number of nitrogens with one attached hydrogen (secondary N) is 2. The third kappa shape index (κ3) is 3.24. The highest BCUT2D eigenvalue weighted by Gasteiger charge is 2.19. The molecule has 1 saturated heterocycles. The topological polar surface area (TPSA) is 78.5 Å². The molecule has 1 aliphatic rings. The highest BCUT2D eigenvalue weighted by atomic mass is 32.2. The van der Waals surface area contributed by atoms with Crippen molar-refractivity contribution in [2.45, 2.75) is 0 Å². The molecular weight excluding hydrogens is 206 g/mol. The number of amides is 1. The summed E-state index contributed by atoms with van der Waals surface area (Å²) in [6.07, 6.45) is 0. The van der Waals surface area contributed by atoms with Crippen LogP contribution < -0.4 is 10.0 Å². The van der Waals surface area contributed by atoms with Crippen molar-refractivity contribution in [3.63, 3.8) is 0 Å². The number of hydrogen-bond donors (Lipinski definition) is 2. The van der Waals surface area contributed by atoms with Gasteiger partial charge in [-0.2, -0.15) is 0 Å². The van der Waals surface area contributed by atoms with E-state index in [9.17, 15) is 13.2 Å². The van der Waals surface area contributed by atoms with Gasteiger partial charge in [0, 0.05) is 19.6 Å². The van der Waals surface area contributed by atoms with Crippen LogP contribution in [0.2, 0.25) is 0 Å². The van der Waals surface area contributed by atoms with Gasteiger partial charge in [0.1, 0.15) is 0 Å². The lowest BCUT2D eigenvalue weighted by atomic mass is 10.3. The number of carbonyl (C=O) groups is 1. The third-order valence-electron chi connectivity index (χ3n) is 2.13. The number of hydrogen-bond acceptors (Lipinski definition) is 4. The number of rotatable bonds is 4. The number of nitrogens with zero attached hydrogens (tertiary/aromatic N) is 1. The monoisotopic (exact) mass is 221 g/mol. The van der Waals surface area contributed by atoms with Crippen molar-refractivity contribution < 1.29 is 13.2 Å². The van der Waals surface area contributed by atoms with Crippen molar-refractivity contribution in [1.29, 1.82) is 0 Å². The molecule has 1 rings (SSSR count). The van der Waals surface area contributed by atoms with Gasteiger partial charge in [-0.05, 0) is 7.05 Å². The van der Waals surface area contributed by atoms with E-state index in [4.69, 9.17) is 0 Å². The summed E-state index contributed by atoms with van der Waals surface area (Å²) in [5.41, 5.74) is 0. The molecule has 82 valence electrons. The Morgan fingerprint density at radius 1 is 1.57 bits per heavy atom. The van der Waals surface area contributed by atoms with Crippen molar-refractivity contribution in [2.75, 3.05) is 39.0 Å². The second kappa shape index (κ2) is 4.72. The van der Waals surface area contributed by atoms with E-state index in [-0.39, 0.29) is 18.2 Å². The smallest absolute Gasteiger partial charge is 0.236 e. The van der Waals surface area contributed by atoms with Gasteiger partial charge in [-0.3, -0.25) is 4.79 Å². The van der Waals surface area contributed by atoms with Crippen molar-refractivity contribution >= 4 is 15.9 Å². The Balaban J connectivity index is 2.40. The van der Waals surface area contributed by atoms with E-state index in [2.05, 4.69) is 10.0 Å². The lowest BCUT2D eigenvalue weighted by Gasteiger charge is -2.27. The zero-order valence-corrected chi connectivity index (χ0v) is 8.93. The van der Waals surface area contributed by atoms with Crippen molar-refractivity contribution in [3.05, 3.63) is 0 Å². The standard InChI is InChI=1S/C7H15N3O3S/c1-8-14(12,13)5-4-10-3-2-9-6-7(10)11/h8-9H,2-6H2,1H3. The Kier molecular flexibility index (Phi) is 3.85. The molecular formula is C7H15N3O3S. The zero-order valence-electron chi connectivity index (χ0n) is 8.12. The molecule has 2 N–H and O–H groups in total. The predicted molar refractivity (Wildman–Crippen MR) is 52.3 cm³/mol. The van der Waals surface area contributed by atoms with Crippen LogP contribution in [-0.2, 0) is 14.8 Å². The average molecular weight is 221 g/mol. The van der Waals surface area contributed by atoms with Crippen LogP contribution in [0.4, 0.5) is 0 Å². The number of sulfonamides is 1. The minimum Gasteiger partial charge on any atom is -0.339 e. The van der Waals surface area contributed by atoms with E-state index >= 15 is 0 Å². The number of carbonyl (C=O) groups excluding carboxylic acids is 1. The van der Waals surface area contributed by atoms with Crippen molar-refractivity contribution in [2.24, 2.45) is 0 Å². The van der Waals surface area contributed by atoms with Crippen LogP contribution in [0.5, 0.6) is 0 Å². The Labute approximate surface area is 83.7 Å². The Morgan fingerprint density at radius 3 is 2.86 bits per heavy atom. The maximum Gasteiger partial charge on any atom is 0.236 e. The third-order valence-corrected chi connectivity index (χ3v) is 3.47. The van der Waals surface area contributed by atoms with E-state index in [1.165, 1.54) is 7.05 Å². The fraction of sp³-hybridized carbons (Fsp3) is 0.857. The SMILES string of the molecule is CNS(=O)(=O)CCN1CCNCC1=O. The van der Waals surface area contributed by atoms with E-state index in [1.807, 2.05) is 0 Å². The minimum atomic E-state index is -3.21. The molecule has 7 heteroatoms. The molecule has 0 radical (unpaired) electrons. The van der Waals surface area contributed by atoms with Gasteiger partial charge >= 0.3 is 0 Å². The van der Waals surface area contributed by atoms with Crippen LogP contribution in [0.15, 0.2) is 0 Å². The van der Waals surface area contributed by atoms with Crippen LogP contribution in [0.25, 0.3) is 0 Å². The first-order valence-corrected chi connectivity index (χ1v) is 6.10. The van der Waals surface area contributed by atoms with Crippen molar-refractivity contribution in [1.82, 2.24) is 14.9 Å². The summed E-state index contributed by atoms with van der Waals surface area (Å²) in [4.78, 5) is 12.8. The quantitative estimate of drug-likeness (QED) is 0.574.